The second-order valence-corrected chi connectivity index (χ2v) is 6.32. The van der Waals surface area contributed by atoms with Crippen molar-refractivity contribution in [3.05, 3.63) is 65.6 Å². The van der Waals surface area contributed by atoms with Crippen LogP contribution in [0.2, 0.25) is 0 Å². The summed E-state index contributed by atoms with van der Waals surface area (Å²) in [4.78, 5) is 15.4. The van der Waals surface area contributed by atoms with Crippen LogP contribution in [0.1, 0.15) is 16.8 Å². The molecule has 2 heterocycles. The van der Waals surface area contributed by atoms with Crippen LogP contribution in [0.5, 0.6) is 0 Å². The Kier molecular flexibility index (Phi) is 4.93. The minimum absolute atomic E-state index is 0.690. The molecule has 0 aliphatic carbocycles. The Bertz CT molecular complexity index is 859. The summed E-state index contributed by atoms with van der Waals surface area (Å²) in [5.41, 5.74) is 5.57. The summed E-state index contributed by atoms with van der Waals surface area (Å²) in [6.45, 7) is 4.84. The first-order chi connectivity index (χ1) is 12.0. The molecular formula is C20H23N5. The van der Waals surface area contributed by atoms with Gasteiger partial charge in [-0.25, -0.2) is 9.97 Å². The molecule has 3 rings (SSSR count). The molecule has 128 valence electrons. The van der Waals surface area contributed by atoms with Crippen molar-refractivity contribution in [3.8, 4) is 11.4 Å². The molecule has 0 spiro atoms. The molecule has 5 heteroatoms. The van der Waals surface area contributed by atoms with Gasteiger partial charge in [0, 0.05) is 56.0 Å². The molecule has 5 nitrogen and oxygen atoms in total. The quantitative estimate of drug-likeness (QED) is 0.769. The second-order valence-electron chi connectivity index (χ2n) is 6.32. The van der Waals surface area contributed by atoms with Crippen LogP contribution in [0.15, 0.2) is 48.8 Å². The number of hydrogen-bond acceptors (Lipinski definition) is 5. The summed E-state index contributed by atoms with van der Waals surface area (Å²) < 4.78 is 0. The van der Waals surface area contributed by atoms with Gasteiger partial charge < -0.3 is 10.2 Å². The van der Waals surface area contributed by atoms with E-state index in [4.69, 9.17) is 0 Å². The van der Waals surface area contributed by atoms with Gasteiger partial charge >= 0.3 is 0 Å². The summed E-state index contributed by atoms with van der Waals surface area (Å²) in [5.74, 6) is 1.51. The maximum atomic E-state index is 4.62. The van der Waals surface area contributed by atoms with Gasteiger partial charge in [-0.2, -0.15) is 0 Å². The van der Waals surface area contributed by atoms with Crippen LogP contribution in [0.25, 0.3) is 11.4 Å². The number of nitrogens with one attached hydrogen (secondary N) is 1. The largest absolute Gasteiger partial charge is 0.378 e. The van der Waals surface area contributed by atoms with Crippen LogP contribution in [0, 0.1) is 13.8 Å². The predicted octanol–water partition coefficient (Wildman–Crippen LogP) is 3.83. The fraction of sp³-hybridized carbons (Fsp3) is 0.250. The molecular weight excluding hydrogens is 310 g/mol. The topological polar surface area (TPSA) is 53.9 Å². The van der Waals surface area contributed by atoms with Crippen molar-refractivity contribution in [2.75, 3.05) is 24.3 Å². The van der Waals surface area contributed by atoms with Gasteiger partial charge in [0.15, 0.2) is 5.82 Å². The number of benzene rings is 1. The van der Waals surface area contributed by atoms with Crippen molar-refractivity contribution in [2.45, 2.75) is 20.4 Å². The lowest BCUT2D eigenvalue weighted by molar-refractivity contribution is 1.04. The molecule has 0 bridgehead atoms. The molecule has 0 amide bonds. The molecule has 0 aliphatic rings. The van der Waals surface area contributed by atoms with Crippen molar-refractivity contribution in [3.63, 3.8) is 0 Å². The number of anilines is 2. The van der Waals surface area contributed by atoms with E-state index < -0.39 is 0 Å². The van der Waals surface area contributed by atoms with Crippen LogP contribution < -0.4 is 10.2 Å². The highest BCUT2D eigenvalue weighted by Crippen LogP contribution is 2.20. The smallest absolute Gasteiger partial charge is 0.163 e. The number of aromatic nitrogens is 3. The Labute approximate surface area is 148 Å². The fourth-order valence-corrected chi connectivity index (χ4v) is 2.63. The van der Waals surface area contributed by atoms with Gasteiger partial charge in [0.25, 0.3) is 0 Å². The van der Waals surface area contributed by atoms with E-state index in [1.165, 1.54) is 16.8 Å². The van der Waals surface area contributed by atoms with E-state index in [0.29, 0.717) is 5.82 Å². The highest BCUT2D eigenvalue weighted by atomic mass is 15.1. The molecule has 0 atom stereocenters. The molecule has 0 fully saturated rings. The standard InChI is InChI=1S/C20H23N5/c1-14-10-18(25(3)4)8-7-16(14)13-22-19-11-15(2)23-20(24-19)17-6-5-9-21-12-17/h5-12H,13H2,1-4H3,(H,22,23,24). The Morgan fingerprint density at radius 2 is 1.88 bits per heavy atom. The number of hydrogen-bond donors (Lipinski definition) is 1. The normalized spacial score (nSPS) is 10.6. The Morgan fingerprint density at radius 1 is 1.04 bits per heavy atom. The van der Waals surface area contributed by atoms with Gasteiger partial charge in [0.1, 0.15) is 5.82 Å². The molecule has 1 N–H and O–H groups in total. The van der Waals surface area contributed by atoms with Crippen LogP contribution in [-0.2, 0) is 6.54 Å². The SMILES string of the molecule is Cc1cc(NCc2ccc(N(C)C)cc2C)nc(-c2cccnc2)n1. The van der Waals surface area contributed by atoms with Crippen LogP contribution in [0.4, 0.5) is 11.5 Å². The van der Waals surface area contributed by atoms with E-state index in [1.807, 2.05) is 25.1 Å². The molecule has 0 aliphatic heterocycles. The number of rotatable bonds is 5. The molecule has 2 aromatic heterocycles. The van der Waals surface area contributed by atoms with Crippen LogP contribution in [0.3, 0.4) is 0 Å². The van der Waals surface area contributed by atoms with Crippen molar-refractivity contribution >= 4 is 11.5 Å². The van der Waals surface area contributed by atoms with Gasteiger partial charge in [-0.15, -0.1) is 0 Å². The Hall–Kier alpha value is -2.95. The minimum atomic E-state index is 0.690. The van der Waals surface area contributed by atoms with Crippen LogP contribution in [-0.4, -0.2) is 29.0 Å². The highest BCUT2D eigenvalue weighted by molar-refractivity contribution is 5.56. The van der Waals surface area contributed by atoms with Crippen LogP contribution >= 0.6 is 0 Å². The van der Waals surface area contributed by atoms with Gasteiger partial charge in [-0.3, -0.25) is 4.98 Å². The maximum absolute atomic E-state index is 4.62. The third kappa shape index (κ3) is 4.12. The minimum Gasteiger partial charge on any atom is -0.378 e. The average Bonchev–Trinajstić information content (AvgIpc) is 2.61. The van der Waals surface area contributed by atoms with E-state index in [-0.39, 0.29) is 0 Å². The molecule has 0 radical (unpaired) electrons. The Balaban J connectivity index is 1.79. The molecule has 3 aromatic rings. The lowest BCUT2D eigenvalue weighted by atomic mass is 10.1. The van der Waals surface area contributed by atoms with Gasteiger partial charge in [0.05, 0.1) is 0 Å². The predicted molar refractivity (Wildman–Crippen MR) is 103 cm³/mol. The monoisotopic (exact) mass is 333 g/mol. The Morgan fingerprint density at radius 3 is 2.56 bits per heavy atom. The van der Waals surface area contributed by atoms with Crippen molar-refractivity contribution < 1.29 is 0 Å². The molecule has 25 heavy (non-hydrogen) atoms. The third-order valence-electron chi connectivity index (χ3n) is 4.08. The van der Waals surface area contributed by atoms with E-state index in [9.17, 15) is 0 Å². The molecule has 1 aromatic carbocycles. The summed E-state index contributed by atoms with van der Waals surface area (Å²) in [7, 11) is 4.10. The second kappa shape index (κ2) is 7.30. The van der Waals surface area contributed by atoms with E-state index in [1.54, 1.807) is 12.4 Å². The van der Waals surface area contributed by atoms with Gasteiger partial charge in [0.2, 0.25) is 0 Å². The highest BCUT2D eigenvalue weighted by Gasteiger charge is 2.06. The first kappa shape index (κ1) is 16.9. The number of aryl methyl sites for hydroxylation is 2. The zero-order valence-electron chi connectivity index (χ0n) is 15.1. The summed E-state index contributed by atoms with van der Waals surface area (Å²) in [5, 5.41) is 3.42. The van der Waals surface area contributed by atoms with E-state index in [0.717, 1.165) is 23.6 Å². The zero-order chi connectivity index (χ0) is 17.8. The molecule has 0 saturated carbocycles. The lowest BCUT2D eigenvalue weighted by Gasteiger charge is -2.16. The number of pyridine rings is 1. The average molecular weight is 333 g/mol. The third-order valence-corrected chi connectivity index (χ3v) is 4.08. The lowest BCUT2D eigenvalue weighted by Crippen LogP contribution is -2.10. The maximum Gasteiger partial charge on any atom is 0.163 e. The van der Waals surface area contributed by atoms with Gasteiger partial charge in [-0.1, -0.05) is 6.07 Å². The fourth-order valence-electron chi connectivity index (χ4n) is 2.63. The van der Waals surface area contributed by atoms with Crippen molar-refractivity contribution in [1.29, 1.82) is 0 Å². The summed E-state index contributed by atoms with van der Waals surface area (Å²) >= 11 is 0. The summed E-state index contributed by atoms with van der Waals surface area (Å²) in [6.07, 6.45) is 3.53. The van der Waals surface area contributed by atoms with Gasteiger partial charge in [-0.05, 0) is 49.2 Å². The molecule has 0 saturated heterocycles. The van der Waals surface area contributed by atoms with Crippen molar-refractivity contribution in [1.82, 2.24) is 15.0 Å². The molecule has 0 unspecified atom stereocenters. The van der Waals surface area contributed by atoms with Crippen molar-refractivity contribution in [2.24, 2.45) is 0 Å². The van der Waals surface area contributed by atoms with E-state index >= 15 is 0 Å². The first-order valence-electron chi connectivity index (χ1n) is 8.30. The number of nitrogens with zero attached hydrogens (tertiary/aromatic N) is 4. The summed E-state index contributed by atoms with van der Waals surface area (Å²) in [6, 6.07) is 12.3. The first-order valence-corrected chi connectivity index (χ1v) is 8.30. The zero-order valence-corrected chi connectivity index (χ0v) is 15.1. The van der Waals surface area contributed by atoms with E-state index in [2.05, 4.69) is 64.4 Å².